The van der Waals surface area contributed by atoms with E-state index in [9.17, 15) is 4.79 Å². The topological polar surface area (TPSA) is 82.3 Å². The molecular formula is C36H46N8O2. The number of nitrogens with zero attached hydrogens (tertiary/aromatic N) is 8. The zero-order valence-corrected chi connectivity index (χ0v) is 27.7. The molecule has 1 aliphatic carbocycles. The second-order valence-corrected chi connectivity index (χ2v) is 13.2. The summed E-state index contributed by atoms with van der Waals surface area (Å²) < 4.78 is 6.50. The fourth-order valence-corrected chi connectivity index (χ4v) is 7.34. The minimum absolute atomic E-state index is 0.0973. The largest absolute Gasteiger partial charge is 0.459 e. The van der Waals surface area contributed by atoms with Crippen LogP contribution in [0, 0.1) is 19.4 Å². The third-order valence-electron chi connectivity index (χ3n) is 10.3. The molecule has 46 heavy (non-hydrogen) atoms. The number of benzene rings is 1. The van der Waals surface area contributed by atoms with Gasteiger partial charge in [-0.2, -0.15) is 9.97 Å². The number of likely N-dealkylation sites (N-methyl/N-ethyl adjacent to an activating group) is 1. The molecule has 6 rings (SSSR count). The molecule has 0 unspecified atom stereocenters. The quantitative estimate of drug-likeness (QED) is 0.233. The van der Waals surface area contributed by atoms with Crippen LogP contribution in [0.25, 0.3) is 15.6 Å². The molecule has 0 spiro atoms. The highest BCUT2D eigenvalue weighted by Crippen LogP contribution is 2.36. The van der Waals surface area contributed by atoms with Crippen molar-refractivity contribution in [1.29, 1.82) is 0 Å². The van der Waals surface area contributed by atoms with Crippen molar-refractivity contribution in [2.24, 2.45) is 5.92 Å². The Bertz CT molecular complexity index is 1630. The van der Waals surface area contributed by atoms with E-state index in [4.69, 9.17) is 21.3 Å². The van der Waals surface area contributed by atoms with E-state index in [2.05, 4.69) is 77.1 Å². The number of rotatable bonds is 10. The SMILES string of the molecule is [C-]#[N+]C[C@H]1CN(c2nc(O[C@H](C)CN(C)[C@H](C)C3CCC3)nc3c2CCN(c2cncc4cccc(C)c24)C3)CCN1C(=O)C=C. The molecule has 2 aliphatic heterocycles. The summed E-state index contributed by atoms with van der Waals surface area (Å²) in [7, 11) is 2.18. The molecule has 1 saturated heterocycles. The van der Waals surface area contributed by atoms with Crippen LogP contribution in [0.2, 0.25) is 0 Å². The summed E-state index contributed by atoms with van der Waals surface area (Å²) in [5.74, 6) is 1.48. The van der Waals surface area contributed by atoms with Crippen LogP contribution in [-0.4, -0.2) is 95.2 Å². The van der Waals surface area contributed by atoms with Crippen molar-refractivity contribution >= 4 is 28.2 Å². The van der Waals surface area contributed by atoms with Gasteiger partial charge in [-0.3, -0.25) is 14.7 Å². The van der Waals surface area contributed by atoms with Crippen molar-refractivity contribution in [3.05, 3.63) is 71.5 Å². The minimum Gasteiger partial charge on any atom is -0.459 e. The lowest BCUT2D eigenvalue weighted by molar-refractivity contribution is -0.128. The van der Waals surface area contributed by atoms with E-state index in [-0.39, 0.29) is 24.6 Å². The fourth-order valence-electron chi connectivity index (χ4n) is 7.34. The second-order valence-electron chi connectivity index (χ2n) is 13.2. The van der Waals surface area contributed by atoms with Crippen LogP contribution in [0.3, 0.4) is 0 Å². The van der Waals surface area contributed by atoms with Gasteiger partial charge in [0.25, 0.3) is 0 Å². The molecule has 0 radical (unpaired) electrons. The Labute approximate surface area is 272 Å². The molecule has 1 saturated carbocycles. The maximum atomic E-state index is 12.6. The molecule has 2 aromatic heterocycles. The van der Waals surface area contributed by atoms with Gasteiger partial charge in [0.1, 0.15) is 18.0 Å². The molecule has 2 fully saturated rings. The van der Waals surface area contributed by atoms with Crippen LogP contribution in [0.1, 0.15) is 49.9 Å². The number of amides is 1. The predicted octanol–water partition coefficient (Wildman–Crippen LogP) is 4.91. The van der Waals surface area contributed by atoms with Gasteiger partial charge in [0.05, 0.1) is 24.1 Å². The van der Waals surface area contributed by atoms with Gasteiger partial charge in [0, 0.05) is 61.3 Å². The number of aryl methyl sites for hydroxylation is 1. The van der Waals surface area contributed by atoms with Crippen LogP contribution < -0.4 is 14.5 Å². The third kappa shape index (κ3) is 6.38. The first-order valence-electron chi connectivity index (χ1n) is 16.6. The van der Waals surface area contributed by atoms with Crippen LogP contribution in [0.5, 0.6) is 6.01 Å². The van der Waals surface area contributed by atoms with E-state index in [0.717, 1.165) is 53.6 Å². The van der Waals surface area contributed by atoms with Crippen molar-refractivity contribution in [2.75, 3.05) is 56.1 Å². The van der Waals surface area contributed by atoms with Gasteiger partial charge in [0.2, 0.25) is 12.5 Å². The van der Waals surface area contributed by atoms with Gasteiger partial charge in [-0.1, -0.05) is 31.2 Å². The normalized spacial score (nSPS) is 19.7. The number of aromatic nitrogens is 3. The number of pyridine rings is 1. The van der Waals surface area contributed by atoms with Crippen molar-refractivity contribution in [3.8, 4) is 6.01 Å². The van der Waals surface area contributed by atoms with Crippen molar-refractivity contribution < 1.29 is 9.53 Å². The Kier molecular flexibility index (Phi) is 9.41. The molecule has 0 N–H and O–H groups in total. The number of fused-ring (bicyclic) bond motifs is 2. The molecule has 3 aliphatic rings. The van der Waals surface area contributed by atoms with Crippen LogP contribution >= 0.6 is 0 Å². The first-order valence-corrected chi connectivity index (χ1v) is 16.6. The average Bonchev–Trinajstić information content (AvgIpc) is 3.02. The van der Waals surface area contributed by atoms with Crippen molar-refractivity contribution in [3.63, 3.8) is 0 Å². The molecule has 10 nitrogen and oxygen atoms in total. The Hall–Kier alpha value is -4.23. The standard InChI is InChI=1S/C36H46N8O2/c1-7-33(45)44-17-16-43(22-29(44)19-37-5)35-30-14-15-42(32-20-38-18-28-13-8-10-24(2)34(28)32)23-31(30)39-36(40-35)46-25(3)21-41(6)26(4)27-11-9-12-27/h7-8,10,13,18,20,25-27,29H,1,9,11-12,14-17,19,21-23H2,2-4,6H3/t25-,26-,29+/m1/s1. The van der Waals surface area contributed by atoms with Gasteiger partial charge in [-0.25, -0.2) is 6.57 Å². The van der Waals surface area contributed by atoms with Gasteiger partial charge in [0.15, 0.2) is 0 Å². The molecule has 3 aromatic rings. The second kappa shape index (κ2) is 13.6. The molecule has 0 bridgehead atoms. The van der Waals surface area contributed by atoms with E-state index < -0.39 is 0 Å². The maximum Gasteiger partial charge on any atom is 0.318 e. The van der Waals surface area contributed by atoms with Crippen LogP contribution in [0.15, 0.2) is 43.2 Å². The summed E-state index contributed by atoms with van der Waals surface area (Å²) in [6.45, 7) is 21.9. The smallest absolute Gasteiger partial charge is 0.318 e. The highest BCUT2D eigenvalue weighted by Gasteiger charge is 2.35. The van der Waals surface area contributed by atoms with Gasteiger partial charge < -0.3 is 24.3 Å². The summed E-state index contributed by atoms with van der Waals surface area (Å²) in [5.41, 5.74) is 4.39. The maximum absolute atomic E-state index is 12.6. The zero-order chi connectivity index (χ0) is 32.4. The van der Waals surface area contributed by atoms with E-state index in [0.29, 0.717) is 38.2 Å². The Morgan fingerprint density at radius 2 is 2.02 bits per heavy atom. The predicted molar refractivity (Wildman–Crippen MR) is 182 cm³/mol. The third-order valence-corrected chi connectivity index (χ3v) is 10.3. The lowest BCUT2D eigenvalue weighted by Gasteiger charge is -2.41. The van der Waals surface area contributed by atoms with Crippen molar-refractivity contribution in [1.82, 2.24) is 24.8 Å². The molecule has 242 valence electrons. The molecule has 1 aromatic carbocycles. The lowest BCUT2D eigenvalue weighted by Crippen LogP contribution is -2.56. The molecule has 10 heteroatoms. The summed E-state index contributed by atoms with van der Waals surface area (Å²) in [4.78, 5) is 39.7. The Morgan fingerprint density at radius 3 is 2.76 bits per heavy atom. The molecule has 4 heterocycles. The number of carbonyl (C=O) groups is 1. The monoisotopic (exact) mass is 622 g/mol. The first-order chi connectivity index (χ1) is 22.3. The summed E-state index contributed by atoms with van der Waals surface area (Å²) >= 11 is 0. The number of carbonyl (C=O) groups excluding carboxylic acids is 1. The highest BCUT2D eigenvalue weighted by atomic mass is 16.5. The van der Waals surface area contributed by atoms with E-state index in [1.54, 1.807) is 4.90 Å². The molecule has 3 atom stereocenters. The van der Waals surface area contributed by atoms with Gasteiger partial charge in [-0.15, -0.1) is 0 Å². The summed E-state index contributed by atoms with van der Waals surface area (Å²) in [5, 5.41) is 2.34. The Morgan fingerprint density at radius 1 is 1.20 bits per heavy atom. The summed E-state index contributed by atoms with van der Waals surface area (Å²) in [6, 6.07) is 7.00. The van der Waals surface area contributed by atoms with E-state index in [1.807, 2.05) is 12.4 Å². The van der Waals surface area contributed by atoms with E-state index >= 15 is 0 Å². The van der Waals surface area contributed by atoms with E-state index in [1.165, 1.54) is 36.3 Å². The number of hydrogen-bond donors (Lipinski definition) is 0. The van der Waals surface area contributed by atoms with Gasteiger partial charge in [-0.05, 0) is 64.6 Å². The molecule has 1 amide bonds. The lowest BCUT2D eigenvalue weighted by atomic mass is 9.80. The average molecular weight is 623 g/mol. The van der Waals surface area contributed by atoms with Crippen LogP contribution in [0.4, 0.5) is 11.5 Å². The zero-order valence-electron chi connectivity index (χ0n) is 27.7. The first kappa shape index (κ1) is 31.7. The number of hydrogen-bond acceptors (Lipinski definition) is 8. The summed E-state index contributed by atoms with van der Waals surface area (Å²) in [6.07, 6.45) is 9.85. The Balaban J connectivity index is 1.31. The fraction of sp³-hybridized carbons (Fsp3) is 0.528. The highest BCUT2D eigenvalue weighted by molar-refractivity contribution is 5.96. The number of piperazine rings is 1. The van der Waals surface area contributed by atoms with Gasteiger partial charge >= 0.3 is 6.01 Å². The van der Waals surface area contributed by atoms with Crippen molar-refractivity contribution in [2.45, 2.75) is 71.2 Å². The number of anilines is 2. The molecular weight excluding hydrogens is 576 g/mol. The van der Waals surface area contributed by atoms with Crippen LogP contribution in [-0.2, 0) is 17.8 Å². The number of ether oxygens (including phenoxy) is 1. The minimum atomic E-state index is -0.239.